The topological polar surface area (TPSA) is 76.4 Å². The van der Waals surface area contributed by atoms with Gasteiger partial charge in [0.2, 0.25) is 0 Å². The van der Waals surface area contributed by atoms with Gasteiger partial charge in [0.05, 0.1) is 4.90 Å². The summed E-state index contributed by atoms with van der Waals surface area (Å²) in [5.41, 5.74) is 0.290. The molecule has 0 saturated carbocycles. The fraction of sp³-hybridized carbons (Fsp3) is 0.0625. The van der Waals surface area contributed by atoms with Crippen LogP contribution in [0.3, 0.4) is 0 Å². The standard InChI is InChI=1S/C16H13NO4S/c1-11-2-5-14(6-3-11)22(20,21)17-9-8-12-10-13(18)4-7-15(12)16(17)19/h2-10,18H,1H3. The van der Waals surface area contributed by atoms with Crippen LogP contribution >= 0.6 is 0 Å². The first-order chi connectivity index (χ1) is 10.4. The Kier molecular flexibility index (Phi) is 3.26. The second kappa shape index (κ2) is 4.99. The van der Waals surface area contributed by atoms with Gasteiger partial charge in [-0.1, -0.05) is 17.7 Å². The minimum atomic E-state index is -3.95. The van der Waals surface area contributed by atoms with Crippen molar-refractivity contribution in [1.29, 1.82) is 0 Å². The van der Waals surface area contributed by atoms with Crippen molar-refractivity contribution in [2.75, 3.05) is 0 Å². The summed E-state index contributed by atoms with van der Waals surface area (Å²) >= 11 is 0. The second-order valence-corrected chi connectivity index (χ2v) is 6.82. The van der Waals surface area contributed by atoms with E-state index in [4.69, 9.17) is 0 Å². The van der Waals surface area contributed by atoms with Gasteiger partial charge < -0.3 is 5.11 Å². The van der Waals surface area contributed by atoms with Crippen LogP contribution in [0, 0.1) is 6.92 Å². The molecule has 3 aromatic rings. The van der Waals surface area contributed by atoms with Crippen LogP contribution in [0.4, 0.5) is 0 Å². The van der Waals surface area contributed by atoms with Gasteiger partial charge in [0, 0.05) is 11.6 Å². The SMILES string of the molecule is Cc1ccc(S(=O)(=O)n2ccc3cc(O)ccc3c2=O)cc1. The van der Waals surface area contributed by atoms with Gasteiger partial charge in [0.15, 0.2) is 0 Å². The van der Waals surface area contributed by atoms with Crippen LogP contribution in [0.25, 0.3) is 10.8 Å². The number of phenolic OH excluding ortho intramolecular Hbond substituents is 1. The van der Waals surface area contributed by atoms with Crippen LogP contribution in [-0.4, -0.2) is 17.5 Å². The largest absolute Gasteiger partial charge is 0.508 e. The third kappa shape index (κ3) is 2.27. The summed E-state index contributed by atoms with van der Waals surface area (Å²) in [5.74, 6) is 0.0195. The van der Waals surface area contributed by atoms with E-state index in [1.54, 1.807) is 12.1 Å². The number of rotatable bonds is 2. The Morgan fingerprint density at radius 1 is 1.00 bits per heavy atom. The number of phenols is 1. The van der Waals surface area contributed by atoms with E-state index >= 15 is 0 Å². The first-order valence-electron chi connectivity index (χ1n) is 6.56. The summed E-state index contributed by atoms with van der Waals surface area (Å²) < 4.78 is 25.9. The van der Waals surface area contributed by atoms with Crippen molar-refractivity contribution in [3.63, 3.8) is 0 Å². The van der Waals surface area contributed by atoms with E-state index in [2.05, 4.69) is 0 Å². The van der Waals surface area contributed by atoms with Crippen molar-refractivity contribution in [3.8, 4) is 5.75 Å². The number of nitrogens with zero attached hydrogens (tertiary/aromatic N) is 1. The number of aromatic nitrogens is 1. The lowest BCUT2D eigenvalue weighted by atomic mass is 10.2. The summed E-state index contributed by atoms with van der Waals surface area (Å²) in [4.78, 5) is 12.5. The third-order valence-corrected chi connectivity index (χ3v) is 5.11. The third-order valence-electron chi connectivity index (χ3n) is 3.43. The molecule has 22 heavy (non-hydrogen) atoms. The molecule has 1 aromatic heterocycles. The van der Waals surface area contributed by atoms with E-state index < -0.39 is 15.6 Å². The van der Waals surface area contributed by atoms with Gasteiger partial charge in [-0.2, -0.15) is 0 Å². The predicted octanol–water partition coefficient (Wildman–Crippen LogP) is 2.25. The lowest BCUT2D eigenvalue weighted by Gasteiger charge is -2.09. The normalized spacial score (nSPS) is 11.7. The molecule has 0 atom stereocenters. The van der Waals surface area contributed by atoms with E-state index in [1.165, 1.54) is 42.6 Å². The summed E-state index contributed by atoms with van der Waals surface area (Å²) in [5, 5.41) is 10.1. The highest BCUT2D eigenvalue weighted by molar-refractivity contribution is 7.90. The van der Waals surface area contributed by atoms with E-state index in [0.717, 1.165) is 9.54 Å². The molecule has 5 nitrogen and oxygen atoms in total. The van der Waals surface area contributed by atoms with Crippen LogP contribution in [0.15, 0.2) is 64.4 Å². The maximum absolute atomic E-state index is 12.6. The van der Waals surface area contributed by atoms with E-state index in [9.17, 15) is 18.3 Å². The Labute approximate surface area is 127 Å². The van der Waals surface area contributed by atoms with Gasteiger partial charge in [-0.05, 0) is 48.7 Å². The van der Waals surface area contributed by atoms with Crippen LogP contribution < -0.4 is 5.56 Å². The van der Waals surface area contributed by atoms with Gasteiger partial charge in [-0.15, -0.1) is 0 Å². The van der Waals surface area contributed by atoms with E-state index in [1.807, 2.05) is 6.92 Å². The second-order valence-electron chi connectivity index (χ2n) is 5.01. The molecule has 0 unspecified atom stereocenters. The predicted molar refractivity (Wildman–Crippen MR) is 83.6 cm³/mol. The van der Waals surface area contributed by atoms with Gasteiger partial charge in [0.1, 0.15) is 5.75 Å². The number of hydrogen-bond acceptors (Lipinski definition) is 4. The zero-order chi connectivity index (χ0) is 15.9. The van der Waals surface area contributed by atoms with Crippen LogP contribution in [0.5, 0.6) is 5.75 Å². The summed E-state index contributed by atoms with van der Waals surface area (Å²) in [6.45, 7) is 1.85. The van der Waals surface area contributed by atoms with Gasteiger partial charge in [-0.25, -0.2) is 12.4 Å². The van der Waals surface area contributed by atoms with Crippen molar-refractivity contribution in [2.45, 2.75) is 11.8 Å². The molecule has 0 radical (unpaired) electrons. The summed E-state index contributed by atoms with van der Waals surface area (Å²) in [6, 6.07) is 12.0. The van der Waals surface area contributed by atoms with Crippen molar-refractivity contribution < 1.29 is 13.5 Å². The Bertz CT molecular complexity index is 1020. The highest BCUT2D eigenvalue weighted by Crippen LogP contribution is 2.19. The van der Waals surface area contributed by atoms with Crippen molar-refractivity contribution in [1.82, 2.24) is 3.97 Å². The van der Waals surface area contributed by atoms with E-state index in [-0.39, 0.29) is 16.0 Å². The number of benzene rings is 2. The highest BCUT2D eigenvalue weighted by atomic mass is 32.2. The Morgan fingerprint density at radius 2 is 1.68 bits per heavy atom. The highest BCUT2D eigenvalue weighted by Gasteiger charge is 2.19. The number of hydrogen-bond donors (Lipinski definition) is 1. The molecule has 1 N–H and O–H groups in total. The molecule has 0 aliphatic carbocycles. The molecule has 3 rings (SSSR count). The van der Waals surface area contributed by atoms with E-state index in [0.29, 0.717) is 5.39 Å². The van der Waals surface area contributed by atoms with Crippen LogP contribution in [0.2, 0.25) is 0 Å². The van der Waals surface area contributed by atoms with Crippen LogP contribution in [0.1, 0.15) is 5.56 Å². The van der Waals surface area contributed by atoms with Gasteiger partial charge in [0.25, 0.3) is 15.6 Å². The van der Waals surface area contributed by atoms with Crippen molar-refractivity contribution in [3.05, 3.63) is 70.6 Å². The fourth-order valence-corrected chi connectivity index (χ4v) is 3.48. The molecule has 0 fully saturated rings. The smallest absolute Gasteiger partial charge is 0.272 e. The molecule has 0 aliphatic heterocycles. The Morgan fingerprint density at radius 3 is 2.36 bits per heavy atom. The first-order valence-corrected chi connectivity index (χ1v) is 8.00. The lowest BCUT2D eigenvalue weighted by molar-refractivity contribution is 0.476. The monoisotopic (exact) mass is 315 g/mol. The molecule has 0 saturated heterocycles. The molecule has 2 aromatic carbocycles. The molecule has 6 heteroatoms. The minimum absolute atomic E-state index is 0.0195. The minimum Gasteiger partial charge on any atom is -0.508 e. The molecule has 112 valence electrons. The molecule has 1 heterocycles. The number of aromatic hydroxyl groups is 1. The zero-order valence-electron chi connectivity index (χ0n) is 11.7. The number of aryl methyl sites for hydroxylation is 1. The molecule has 0 amide bonds. The quantitative estimate of drug-likeness (QED) is 0.787. The summed E-state index contributed by atoms with van der Waals surface area (Å²) in [7, 11) is -3.95. The first kappa shape index (κ1) is 14.3. The fourth-order valence-electron chi connectivity index (χ4n) is 2.23. The average molecular weight is 315 g/mol. The van der Waals surface area contributed by atoms with Gasteiger partial charge in [-0.3, -0.25) is 4.79 Å². The molecule has 0 aliphatic rings. The maximum atomic E-state index is 12.6. The Hall–Kier alpha value is -2.60. The van der Waals surface area contributed by atoms with Crippen LogP contribution in [-0.2, 0) is 10.0 Å². The maximum Gasteiger partial charge on any atom is 0.272 e. The Balaban J connectivity index is 2.26. The van der Waals surface area contributed by atoms with Crippen molar-refractivity contribution in [2.24, 2.45) is 0 Å². The average Bonchev–Trinajstić information content (AvgIpc) is 2.47. The molecular formula is C16H13NO4S. The molecule has 0 spiro atoms. The molecule has 0 bridgehead atoms. The lowest BCUT2D eigenvalue weighted by Crippen LogP contribution is -2.26. The zero-order valence-corrected chi connectivity index (χ0v) is 12.5. The van der Waals surface area contributed by atoms with Crippen molar-refractivity contribution >= 4 is 20.8 Å². The number of pyridine rings is 1. The van der Waals surface area contributed by atoms with Gasteiger partial charge >= 0.3 is 0 Å². The number of fused-ring (bicyclic) bond motifs is 1. The summed E-state index contributed by atoms with van der Waals surface area (Å²) in [6.07, 6.45) is 1.21. The molecular weight excluding hydrogens is 302 g/mol.